The van der Waals surface area contributed by atoms with Gasteiger partial charge in [0.05, 0.1) is 12.1 Å². The molecule has 20 heavy (non-hydrogen) atoms. The predicted molar refractivity (Wildman–Crippen MR) is 73.1 cm³/mol. The highest BCUT2D eigenvalue weighted by atomic mass is 16.2. The number of anilines is 1. The molecule has 0 spiro atoms. The van der Waals surface area contributed by atoms with Crippen LogP contribution >= 0.6 is 0 Å². The molecule has 1 aromatic heterocycles. The van der Waals surface area contributed by atoms with E-state index in [-0.39, 0.29) is 11.7 Å². The molecule has 6 heteroatoms. The van der Waals surface area contributed by atoms with Gasteiger partial charge in [0, 0.05) is 24.5 Å². The SMILES string of the molecule is CN1C(=O)Cc2cc(-c3ccnc(C(N)=O)n3)ccc21. The number of nitrogens with two attached hydrogens (primary N) is 1. The highest BCUT2D eigenvalue weighted by molar-refractivity contribution is 6.01. The second-order valence-electron chi connectivity index (χ2n) is 4.60. The number of fused-ring (bicyclic) bond motifs is 1. The number of aromatic nitrogens is 2. The number of likely N-dealkylation sites (N-methyl/N-ethyl adjacent to an activating group) is 1. The maximum Gasteiger partial charge on any atom is 0.286 e. The van der Waals surface area contributed by atoms with Gasteiger partial charge < -0.3 is 10.6 Å². The molecule has 0 saturated heterocycles. The van der Waals surface area contributed by atoms with E-state index < -0.39 is 5.91 Å². The van der Waals surface area contributed by atoms with E-state index in [4.69, 9.17) is 5.73 Å². The van der Waals surface area contributed by atoms with Crippen LogP contribution in [-0.4, -0.2) is 28.8 Å². The lowest BCUT2D eigenvalue weighted by Gasteiger charge is -2.10. The van der Waals surface area contributed by atoms with Crippen molar-refractivity contribution in [2.24, 2.45) is 5.73 Å². The van der Waals surface area contributed by atoms with Crippen molar-refractivity contribution < 1.29 is 9.59 Å². The van der Waals surface area contributed by atoms with Gasteiger partial charge in [-0.2, -0.15) is 0 Å². The summed E-state index contributed by atoms with van der Waals surface area (Å²) in [4.78, 5) is 32.3. The van der Waals surface area contributed by atoms with Crippen molar-refractivity contribution in [1.29, 1.82) is 0 Å². The minimum absolute atomic E-state index is 0.0174. The third-order valence-electron chi connectivity index (χ3n) is 3.33. The second-order valence-corrected chi connectivity index (χ2v) is 4.60. The van der Waals surface area contributed by atoms with Crippen LogP contribution in [0.1, 0.15) is 16.2 Å². The molecular formula is C14H12N4O2. The fourth-order valence-electron chi connectivity index (χ4n) is 2.27. The van der Waals surface area contributed by atoms with Gasteiger partial charge in [-0.05, 0) is 23.8 Å². The summed E-state index contributed by atoms with van der Waals surface area (Å²) in [5, 5.41) is 0. The van der Waals surface area contributed by atoms with Crippen molar-refractivity contribution in [3.63, 3.8) is 0 Å². The molecule has 0 fully saturated rings. The molecule has 1 aliphatic heterocycles. The lowest BCUT2D eigenvalue weighted by molar-refractivity contribution is -0.117. The number of hydrogen-bond acceptors (Lipinski definition) is 4. The number of hydrogen-bond donors (Lipinski definition) is 1. The molecule has 1 aromatic carbocycles. The molecule has 1 aliphatic rings. The van der Waals surface area contributed by atoms with E-state index in [2.05, 4.69) is 9.97 Å². The van der Waals surface area contributed by atoms with Crippen molar-refractivity contribution >= 4 is 17.5 Å². The molecule has 100 valence electrons. The second kappa shape index (κ2) is 4.41. The standard InChI is InChI=1S/C14H12N4O2/c1-18-11-3-2-8(6-9(11)7-12(18)19)10-4-5-16-14(17-10)13(15)20/h2-6H,7H2,1H3,(H2,15,20). The maximum atomic E-state index is 11.7. The highest BCUT2D eigenvalue weighted by Gasteiger charge is 2.24. The van der Waals surface area contributed by atoms with Crippen LogP contribution in [0, 0.1) is 0 Å². The summed E-state index contributed by atoms with van der Waals surface area (Å²) in [5.74, 6) is -0.614. The lowest BCUT2D eigenvalue weighted by Crippen LogP contribution is -2.20. The minimum Gasteiger partial charge on any atom is -0.363 e. The third-order valence-corrected chi connectivity index (χ3v) is 3.33. The first-order valence-corrected chi connectivity index (χ1v) is 6.09. The molecule has 2 aromatic rings. The summed E-state index contributed by atoms with van der Waals surface area (Å²) >= 11 is 0. The molecule has 0 aliphatic carbocycles. The first-order chi connectivity index (χ1) is 9.56. The lowest BCUT2D eigenvalue weighted by atomic mass is 10.1. The topological polar surface area (TPSA) is 89.2 Å². The molecule has 0 unspecified atom stereocenters. The van der Waals surface area contributed by atoms with Gasteiger partial charge >= 0.3 is 0 Å². The monoisotopic (exact) mass is 268 g/mol. The van der Waals surface area contributed by atoms with Crippen molar-refractivity contribution in [3.8, 4) is 11.3 Å². The van der Waals surface area contributed by atoms with Gasteiger partial charge in [-0.1, -0.05) is 6.07 Å². The Morgan fingerprint density at radius 3 is 2.90 bits per heavy atom. The predicted octanol–water partition coefficient (Wildman–Crippen LogP) is 0.761. The molecule has 6 nitrogen and oxygen atoms in total. The zero-order valence-electron chi connectivity index (χ0n) is 10.8. The largest absolute Gasteiger partial charge is 0.363 e. The summed E-state index contributed by atoms with van der Waals surface area (Å²) in [7, 11) is 1.75. The Bertz CT molecular complexity index is 727. The smallest absolute Gasteiger partial charge is 0.286 e. The summed E-state index contributed by atoms with van der Waals surface area (Å²) in [5.41, 5.74) is 8.47. The molecule has 0 bridgehead atoms. The van der Waals surface area contributed by atoms with Gasteiger partial charge in [0.2, 0.25) is 11.7 Å². The molecule has 0 radical (unpaired) electrons. The fraction of sp³-hybridized carbons (Fsp3) is 0.143. The number of nitrogens with zero attached hydrogens (tertiary/aromatic N) is 3. The van der Waals surface area contributed by atoms with Crippen LogP contribution in [0.5, 0.6) is 0 Å². The van der Waals surface area contributed by atoms with Gasteiger partial charge in [0.1, 0.15) is 0 Å². The van der Waals surface area contributed by atoms with E-state index in [1.165, 1.54) is 6.20 Å². The quantitative estimate of drug-likeness (QED) is 0.870. The van der Waals surface area contributed by atoms with Crippen molar-refractivity contribution in [1.82, 2.24) is 9.97 Å². The first-order valence-electron chi connectivity index (χ1n) is 6.09. The number of rotatable bonds is 2. The Hall–Kier alpha value is -2.76. The minimum atomic E-state index is -0.664. The van der Waals surface area contributed by atoms with E-state index in [0.717, 1.165) is 16.8 Å². The summed E-state index contributed by atoms with van der Waals surface area (Å²) in [6.07, 6.45) is 1.88. The van der Waals surface area contributed by atoms with Crippen LogP contribution < -0.4 is 10.6 Å². The molecule has 2 N–H and O–H groups in total. The normalized spacial score (nSPS) is 13.4. The molecular weight excluding hydrogens is 256 g/mol. The van der Waals surface area contributed by atoms with E-state index >= 15 is 0 Å². The number of primary amides is 1. The van der Waals surface area contributed by atoms with Crippen LogP contribution in [-0.2, 0) is 11.2 Å². The Morgan fingerprint density at radius 1 is 1.35 bits per heavy atom. The Morgan fingerprint density at radius 2 is 2.15 bits per heavy atom. The number of carbonyl (C=O) groups is 2. The maximum absolute atomic E-state index is 11.7. The summed E-state index contributed by atoms with van der Waals surface area (Å²) < 4.78 is 0. The summed E-state index contributed by atoms with van der Waals surface area (Å²) in [6, 6.07) is 7.35. The van der Waals surface area contributed by atoms with Gasteiger partial charge in [-0.3, -0.25) is 9.59 Å². The number of amides is 2. The van der Waals surface area contributed by atoms with Gasteiger partial charge in [-0.15, -0.1) is 0 Å². The third kappa shape index (κ3) is 1.91. The van der Waals surface area contributed by atoms with Crippen LogP contribution in [0.25, 0.3) is 11.3 Å². The van der Waals surface area contributed by atoms with Crippen LogP contribution in [0.4, 0.5) is 5.69 Å². The highest BCUT2D eigenvalue weighted by Crippen LogP contribution is 2.31. The Balaban J connectivity index is 2.04. The average molecular weight is 268 g/mol. The average Bonchev–Trinajstić information content (AvgIpc) is 2.74. The van der Waals surface area contributed by atoms with Gasteiger partial charge in [0.15, 0.2) is 0 Å². The molecule has 2 heterocycles. The number of benzene rings is 1. The van der Waals surface area contributed by atoms with Gasteiger partial charge in [0.25, 0.3) is 5.91 Å². The zero-order chi connectivity index (χ0) is 14.3. The Kier molecular flexibility index (Phi) is 2.71. The Labute approximate surface area is 115 Å². The van der Waals surface area contributed by atoms with E-state index in [9.17, 15) is 9.59 Å². The van der Waals surface area contributed by atoms with Crippen LogP contribution in [0.3, 0.4) is 0 Å². The fourth-order valence-corrected chi connectivity index (χ4v) is 2.27. The first kappa shape index (κ1) is 12.3. The molecule has 0 saturated carbocycles. The van der Waals surface area contributed by atoms with E-state index in [1.807, 2.05) is 18.2 Å². The molecule has 2 amide bonds. The van der Waals surface area contributed by atoms with E-state index in [0.29, 0.717) is 12.1 Å². The van der Waals surface area contributed by atoms with E-state index in [1.54, 1.807) is 18.0 Å². The van der Waals surface area contributed by atoms with Crippen molar-refractivity contribution in [2.75, 3.05) is 11.9 Å². The van der Waals surface area contributed by atoms with Crippen molar-refractivity contribution in [3.05, 3.63) is 41.9 Å². The summed E-state index contributed by atoms with van der Waals surface area (Å²) in [6.45, 7) is 0. The van der Waals surface area contributed by atoms with Crippen LogP contribution in [0.15, 0.2) is 30.5 Å². The molecule has 3 rings (SSSR count). The van der Waals surface area contributed by atoms with Gasteiger partial charge in [-0.25, -0.2) is 9.97 Å². The van der Waals surface area contributed by atoms with Crippen molar-refractivity contribution in [2.45, 2.75) is 6.42 Å². The van der Waals surface area contributed by atoms with Crippen LogP contribution in [0.2, 0.25) is 0 Å². The number of carbonyl (C=O) groups excluding carboxylic acids is 2. The zero-order valence-corrected chi connectivity index (χ0v) is 10.8. The molecule has 0 atom stereocenters.